The van der Waals surface area contributed by atoms with Crippen LogP contribution >= 0.6 is 11.3 Å². The van der Waals surface area contributed by atoms with Crippen LogP contribution in [0.2, 0.25) is 0 Å². The molecule has 0 saturated carbocycles. The van der Waals surface area contributed by atoms with Crippen LogP contribution in [-0.2, 0) is 19.3 Å². The summed E-state index contributed by atoms with van der Waals surface area (Å²) in [5.74, 6) is 0.430. The minimum atomic E-state index is -0.193. The summed E-state index contributed by atoms with van der Waals surface area (Å²) in [6.45, 7) is 3.91. The van der Waals surface area contributed by atoms with Crippen LogP contribution in [0.25, 0.3) is 0 Å². The fourth-order valence-corrected chi connectivity index (χ4v) is 3.75. The van der Waals surface area contributed by atoms with Crippen molar-refractivity contribution in [1.29, 1.82) is 0 Å². The molecule has 3 rings (SSSR count). The largest absolute Gasteiger partial charge is 0.448 e. The van der Waals surface area contributed by atoms with Crippen molar-refractivity contribution in [2.24, 2.45) is 0 Å². The second kappa shape index (κ2) is 5.97. The van der Waals surface area contributed by atoms with Crippen molar-refractivity contribution in [3.8, 4) is 0 Å². The Morgan fingerprint density at radius 3 is 3.05 bits per heavy atom. The molecule has 0 radical (unpaired) electrons. The first-order valence-corrected chi connectivity index (χ1v) is 8.22. The van der Waals surface area contributed by atoms with E-state index in [2.05, 4.69) is 15.3 Å². The smallest absolute Gasteiger partial charge is 0.274 e. The van der Waals surface area contributed by atoms with Gasteiger partial charge in [0.1, 0.15) is 10.8 Å². The van der Waals surface area contributed by atoms with Gasteiger partial charge in [-0.2, -0.15) is 0 Å². The van der Waals surface area contributed by atoms with Crippen LogP contribution in [0.3, 0.4) is 0 Å². The number of hydrogen-bond donors (Lipinski definition) is 1. The standard InChI is InChI=1S/C15H19N3O2S/c1-3-11-13(16-8-20-11)14(19)17-9(2)15-18-10-6-4-5-7-12(10)21-15/h8-9H,3-7H2,1-2H3,(H,17,19)/t9-/m0/s1. The average molecular weight is 305 g/mol. The summed E-state index contributed by atoms with van der Waals surface area (Å²) in [6.07, 6.45) is 6.62. The van der Waals surface area contributed by atoms with E-state index < -0.39 is 0 Å². The summed E-state index contributed by atoms with van der Waals surface area (Å²) in [7, 11) is 0. The Hall–Kier alpha value is -1.69. The summed E-state index contributed by atoms with van der Waals surface area (Å²) in [4.78, 5) is 22.3. The van der Waals surface area contributed by atoms with Crippen molar-refractivity contribution in [1.82, 2.24) is 15.3 Å². The van der Waals surface area contributed by atoms with E-state index in [0.29, 0.717) is 17.9 Å². The lowest BCUT2D eigenvalue weighted by Gasteiger charge is -2.10. The molecule has 2 heterocycles. The van der Waals surface area contributed by atoms with E-state index in [1.807, 2.05) is 13.8 Å². The Morgan fingerprint density at radius 1 is 1.48 bits per heavy atom. The lowest BCUT2D eigenvalue weighted by atomic mass is 10.0. The van der Waals surface area contributed by atoms with E-state index in [9.17, 15) is 4.79 Å². The third kappa shape index (κ3) is 2.85. The van der Waals surface area contributed by atoms with Crippen molar-refractivity contribution in [3.05, 3.63) is 33.4 Å². The summed E-state index contributed by atoms with van der Waals surface area (Å²) in [5.41, 5.74) is 1.60. The number of rotatable bonds is 4. The fourth-order valence-electron chi connectivity index (χ4n) is 2.59. The van der Waals surface area contributed by atoms with Crippen molar-refractivity contribution in [2.45, 2.75) is 52.0 Å². The van der Waals surface area contributed by atoms with Crippen LogP contribution in [0.1, 0.15) is 64.6 Å². The van der Waals surface area contributed by atoms with Gasteiger partial charge in [-0.05, 0) is 32.6 Å². The molecule has 1 aliphatic rings. The van der Waals surface area contributed by atoms with Gasteiger partial charge < -0.3 is 9.73 Å². The maximum atomic E-state index is 12.3. The second-order valence-corrected chi connectivity index (χ2v) is 6.42. The van der Waals surface area contributed by atoms with Gasteiger partial charge in [0.15, 0.2) is 12.1 Å². The predicted octanol–water partition coefficient (Wildman–Crippen LogP) is 3.06. The molecule has 21 heavy (non-hydrogen) atoms. The van der Waals surface area contributed by atoms with Gasteiger partial charge in [-0.15, -0.1) is 11.3 Å². The molecule has 5 nitrogen and oxygen atoms in total. The molecular formula is C15H19N3O2S. The second-order valence-electron chi connectivity index (χ2n) is 5.30. The summed E-state index contributed by atoms with van der Waals surface area (Å²) in [5, 5.41) is 3.95. The SMILES string of the molecule is CCc1ocnc1C(=O)N[C@@H](C)c1nc2c(s1)CCCC2. The normalized spacial score (nSPS) is 15.5. The molecular weight excluding hydrogens is 286 g/mol. The van der Waals surface area contributed by atoms with E-state index in [1.165, 1.54) is 29.8 Å². The highest BCUT2D eigenvalue weighted by atomic mass is 32.1. The molecule has 0 spiro atoms. The van der Waals surface area contributed by atoms with Gasteiger partial charge in [0, 0.05) is 11.3 Å². The lowest BCUT2D eigenvalue weighted by Crippen LogP contribution is -2.27. The highest BCUT2D eigenvalue weighted by Crippen LogP contribution is 2.29. The molecule has 2 aromatic heterocycles. The van der Waals surface area contributed by atoms with Crippen LogP contribution in [0, 0.1) is 0 Å². The first kappa shape index (κ1) is 14.3. The monoisotopic (exact) mass is 305 g/mol. The van der Waals surface area contributed by atoms with E-state index in [1.54, 1.807) is 11.3 Å². The Kier molecular flexibility index (Phi) is 4.05. The number of nitrogens with zero attached hydrogens (tertiary/aromatic N) is 2. The van der Waals surface area contributed by atoms with Crippen LogP contribution in [0.5, 0.6) is 0 Å². The summed E-state index contributed by atoms with van der Waals surface area (Å²) < 4.78 is 5.20. The van der Waals surface area contributed by atoms with Crippen LogP contribution < -0.4 is 5.32 Å². The Morgan fingerprint density at radius 2 is 2.29 bits per heavy atom. The predicted molar refractivity (Wildman–Crippen MR) is 80.5 cm³/mol. The minimum Gasteiger partial charge on any atom is -0.448 e. The summed E-state index contributed by atoms with van der Waals surface area (Å²) >= 11 is 1.72. The molecule has 0 aliphatic heterocycles. The number of fused-ring (bicyclic) bond motifs is 1. The number of carbonyl (C=O) groups excluding carboxylic acids is 1. The summed E-state index contributed by atoms with van der Waals surface area (Å²) in [6, 6.07) is -0.102. The van der Waals surface area contributed by atoms with Gasteiger partial charge >= 0.3 is 0 Å². The number of hydrogen-bond acceptors (Lipinski definition) is 5. The highest BCUT2D eigenvalue weighted by Gasteiger charge is 2.22. The number of thiazole rings is 1. The lowest BCUT2D eigenvalue weighted by molar-refractivity contribution is 0.0933. The molecule has 2 aromatic rings. The van der Waals surface area contributed by atoms with Crippen molar-refractivity contribution in [3.63, 3.8) is 0 Å². The van der Waals surface area contributed by atoms with E-state index in [-0.39, 0.29) is 11.9 Å². The quantitative estimate of drug-likeness (QED) is 0.942. The zero-order valence-corrected chi connectivity index (χ0v) is 13.1. The first-order valence-electron chi connectivity index (χ1n) is 7.40. The van der Waals surface area contributed by atoms with Crippen LogP contribution in [0.15, 0.2) is 10.8 Å². The molecule has 1 N–H and O–H groups in total. The van der Waals surface area contributed by atoms with E-state index in [4.69, 9.17) is 4.42 Å². The third-order valence-electron chi connectivity index (χ3n) is 3.76. The zero-order chi connectivity index (χ0) is 14.8. The maximum Gasteiger partial charge on any atom is 0.274 e. The number of carbonyl (C=O) groups is 1. The van der Waals surface area contributed by atoms with E-state index in [0.717, 1.165) is 17.8 Å². The molecule has 0 fully saturated rings. The van der Waals surface area contributed by atoms with Crippen LogP contribution in [-0.4, -0.2) is 15.9 Å². The first-order chi connectivity index (χ1) is 10.2. The minimum absolute atomic E-state index is 0.102. The number of nitrogens with one attached hydrogen (secondary N) is 1. The molecule has 6 heteroatoms. The average Bonchev–Trinajstić information content (AvgIpc) is 3.13. The zero-order valence-electron chi connectivity index (χ0n) is 12.3. The van der Waals surface area contributed by atoms with Crippen molar-refractivity contribution in [2.75, 3.05) is 0 Å². The third-order valence-corrected chi connectivity index (χ3v) is 5.10. The Labute approximate surface area is 127 Å². The van der Waals surface area contributed by atoms with E-state index >= 15 is 0 Å². The van der Waals surface area contributed by atoms with Gasteiger partial charge in [-0.1, -0.05) is 6.92 Å². The highest BCUT2D eigenvalue weighted by molar-refractivity contribution is 7.11. The number of aryl methyl sites for hydroxylation is 3. The van der Waals surface area contributed by atoms with Crippen LogP contribution in [0.4, 0.5) is 0 Å². The van der Waals surface area contributed by atoms with Gasteiger partial charge in [-0.25, -0.2) is 9.97 Å². The molecule has 0 saturated heterocycles. The van der Waals surface area contributed by atoms with Gasteiger partial charge in [0.05, 0.1) is 11.7 Å². The van der Waals surface area contributed by atoms with Gasteiger partial charge in [0.25, 0.3) is 5.91 Å². The number of aromatic nitrogens is 2. The Bertz CT molecular complexity index is 624. The molecule has 0 aromatic carbocycles. The van der Waals surface area contributed by atoms with Crippen molar-refractivity contribution < 1.29 is 9.21 Å². The maximum absolute atomic E-state index is 12.3. The topological polar surface area (TPSA) is 68.0 Å². The molecule has 0 bridgehead atoms. The number of amides is 1. The fraction of sp³-hybridized carbons (Fsp3) is 0.533. The van der Waals surface area contributed by atoms with Crippen molar-refractivity contribution >= 4 is 17.2 Å². The molecule has 112 valence electrons. The molecule has 1 amide bonds. The number of oxazole rings is 1. The molecule has 0 unspecified atom stereocenters. The van der Waals surface area contributed by atoms with Gasteiger partial charge in [-0.3, -0.25) is 4.79 Å². The molecule has 1 aliphatic carbocycles. The van der Waals surface area contributed by atoms with Gasteiger partial charge in [0.2, 0.25) is 0 Å². The molecule has 1 atom stereocenters. The Balaban J connectivity index is 1.72.